The summed E-state index contributed by atoms with van der Waals surface area (Å²) in [6.45, 7) is 6.11. The van der Waals surface area contributed by atoms with E-state index in [4.69, 9.17) is 4.84 Å². The zero-order chi connectivity index (χ0) is 10.6. The van der Waals surface area contributed by atoms with Gasteiger partial charge in [0.05, 0.1) is 6.61 Å². The molecule has 1 heterocycles. The molecule has 0 fully saturated rings. The number of aromatic amines is 1. The molecule has 1 aromatic rings. The third-order valence-corrected chi connectivity index (χ3v) is 1.56. The van der Waals surface area contributed by atoms with Gasteiger partial charge in [0, 0.05) is 5.92 Å². The molecule has 0 spiro atoms. The van der Waals surface area contributed by atoms with Gasteiger partial charge >= 0.3 is 5.91 Å². The van der Waals surface area contributed by atoms with Crippen LogP contribution in [0.4, 0.5) is 0 Å². The number of carbonyl (C=O) groups is 1. The fourth-order valence-corrected chi connectivity index (χ4v) is 0.817. The minimum Gasteiger partial charge on any atom is -0.274 e. The van der Waals surface area contributed by atoms with E-state index in [0.717, 1.165) is 0 Å². The summed E-state index contributed by atoms with van der Waals surface area (Å²) in [5.74, 6) is 0.569. The Labute approximate surface area is 82.0 Å². The summed E-state index contributed by atoms with van der Waals surface area (Å²) in [6.07, 6.45) is 0. The van der Waals surface area contributed by atoms with Crippen molar-refractivity contribution in [2.24, 2.45) is 0 Å². The highest BCUT2D eigenvalue weighted by atomic mass is 16.6. The Morgan fingerprint density at radius 1 is 1.64 bits per heavy atom. The van der Waals surface area contributed by atoms with Crippen LogP contribution in [0.5, 0.6) is 0 Å². The second kappa shape index (κ2) is 4.71. The van der Waals surface area contributed by atoms with Gasteiger partial charge in [-0.25, -0.2) is 10.5 Å². The zero-order valence-electron chi connectivity index (χ0n) is 8.50. The fraction of sp³-hybridized carbons (Fsp3) is 0.625. The molecule has 0 bridgehead atoms. The zero-order valence-corrected chi connectivity index (χ0v) is 8.50. The molecule has 0 radical (unpaired) electrons. The first-order valence-corrected chi connectivity index (χ1v) is 4.49. The van der Waals surface area contributed by atoms with E-state index >= 15 is 0 Å². The van der Waals surface area contributed by atoms with Crippen LogP contribution < -0.4 is 5.48 Å². The molecular formula is C8H14N4O2. The van der Waals surface area contributed by atoms with Crippen molar-refractivity contribution in [1.82, 2.24) is 20.7 Å². The van der Waals surface area contributed by atoms with Crippen molar-refractivity contribution in [2.75, 3.05) is 6.61 Å². The maximum Gasteiger partial charge on any atom is 0.314 e. The molecule has 0 saturated carbocycles. The van der Waals surface area contributed by atoms with Gasteiger partial charge in [0.2, 0.25) is 5.82 Å². The lowest BCUT2D eigenvalue weighted by atomic mass is 10.2. The highest BCUT2D eigenvalue weighted by molar-refractivity contribution is 5.89. The molecule has 6 heteroatoms. The third-order valence-electron chi connectivity index (χ3n) is 1.56. The molecule has 6 nitrogen and oxygen atoms in total. The van der Waals surface area contributed by atoms with Crippen molar-refractivity contribution in [3.63, 3.8) is 0 Å². The minimum absolute atomic E-state index is 0.0992. The van der Waals surface area contributed by atoms with E-state index in [1.165, 1.54) is 0 Å². The molecule has 0 aliphatic carbocycles. The molecule has 0 aliphatic rings. The first-order valence-electron chi connectivity index (χ1n) is 4.49. The number of carbonyl (C=O) groups excluding carboxylic acids is 1. The van der Waals surface area contributed by atoms with Crippen LogP contribution in [0.3, 0.4) is 0 Å². The Hall–Kier alpha value is -1.43. The number of hydrogen-bond donors (Lipinski definition) is 2. The van der Waals surface area contributed by atoms with Crippen molar-refractivity contribution >= 4 is 5.91 Å². The van der Waals surface area contributed by atoms with Gasteiger partial charge < -0.3 is 0 Å². The van der Waals surface area contributed by atoms with Gasteiger partial charge in [0.15, 0.2) is 0 Å². The molecule has 0 atom stereocenters. The average Bonchev–Trinajstić information content (AvgIpc) is 2.62. The molecule has 1 aromatic heterocycles. The van der Waals surface area contributed by atoms with Crippen LogP contribution in [0.15, 0.2) is 0 Å². The molecule has 2 N–H and O–H groups in total. The second-order valence-corrected chi connectivity index (χ2v) is 3.06. The predicted octanol–water partition coefficient (Wildman–Crippen LogP) is 0.609. The number of hydrogen-bond acceptors (Lipinski definition) is 4. The van der Waals surface area contributed by atoms with Gasteiger partial charge in [0.25, 0.3) is 0 Å². The van der Waals surface area contributed by atoms with Gasteiger partial charge in [-0.1, -0.05) is 13.8 Å². The van der Waals surface area contributed by atoms with E-state index in [9.17, 15) is 4.79 Å². The summed E-state index contributed by atoms with van der Waals surface area (Å²) >= 11 is 0. The molecule has 0 saturated heterocycles. The van der Waals surface area contributed by atoms with Crippen LogP contribution in [0.2, 0.25) is 0 Å². The van der Waals surface area contributed by atoms with Crippen molar-refractivity contribution < 1.29 is 9.63 Å². The number of rotatable bonds is 4. The summed E-state index contributed by atoms with van der Waals surface area (Å²) in [4.78, 5) is 20.0. The SMILES string of the molecule is CCONC(=O)c1n[nH]c(C(C)C)n1. The smallest absolute Gasteiger partial charge is 0.274 e. The Morgan fingerprint density at radius 3 is 2.86 bits per heavy atom. The van der Waals surface area contributed by atoms with E-state index in [2.05, 4.69) is 20.7 Å². The normalized spacial score (nSPS) is 10.6. The maximum atomic E-state index is 11.3. The van der Waals surface area contributed by atoms with E-state index in [1.54, 1.807) is 6.92 Å². The minimum atomic E-state index is -0.435. The van der Waals surface area contributed by atoms with Crippen molar-refractivity contribution in [2.45, 2.75) is 26.7 Å². The monoisotopic (exact) mass is 198 g/mol. The van der Waals surface area contributed by atoms with Crippen LogP contribution in [0.1, 0.15) is 43.1 Å². The molecule has 14 heavy (non-hydrogen) atoms. The number of aromatic nitrogens is 3. The summed E-state index contributed by atoms with van der Waals surface area (Å²) in [5.41, 5.74) is 2.22. The molecule has 0 aromatic carbocycles. The average molecular weight is 198 g/mol. The fourth-order valence-electron chi connectivity index (χ4n) is 0.817. The lowest BCUT2D eigenvalue weighted by Crippen LogP contribution is -2.24. The molecular weight excluding hydrogens is 184 g/mol. The predicted molar refractivity (Wildman–Crippen MR) is 49.6 cm³/mol. The van der Waals surface area contributed by atoms with Crippen LogP contribution in [-0.2, 0) is 4.84 Å². The van der Waals surface area contributed by atoms with E-state index < -0.39 is 5.91 Å². The van der Waals surface area contributed by atoms with Crippen LogP contribution in [0.25, 0.3) is 0 Å². The Balaban J connectivity index is 2.62. The maximum absolute atomic E-state index is 11.3. The van der Waals surface area contributed by atoms with Crippen LogP contribution in [0, 0.1) is 0 Å². The van der Waals surface area contributed by atoms with E-state index in [1.807, 2.05) is 13.8 Å². The first-order chi connectivity index (χ1) is 6.65. The van der Waals surface area contributed by atoms with Gasteiger partial charge in [-0.05, 0) is 6.92 Å². The third kappa shape index (κ3) is 2.53. The van der Waals surface area contributed by atoms with Gasteiger partial charge in [-0.15, -0.1) is 5.10 Å². The molecule has 0 aliphatic heterocycles. The standard InChI is InChI=1S/C8H14N4O2/c1-4-14-12-8(13)7-9-6(5(2)3)10-11-7/h5H,4H2,1-3H3,(H,12,13)(H,9,10,11). The van der Waals surface area contributed by atoms with Crippen LogP contribution in [-0.4, -0.2) is 27.7 Å². The molecule has 78 valence electrons. The topological polar surface area (TPSA) is 79.9 Å². The Bertz CT molecular complexity index is 308. The summed E-state index contributed by atoms with van der Waals surface area (Å²) < 4.78 is 0. The largest absolute Gasteiger partial charge is 0.314 e. The Kier molecular flexibility index (Phi) is 3.58. The molecule has 1 rings (SSSR count). The van der Waals surface area contributed by atoms with E-state index in [0.29, 0.717) is 12.4 Å². The highest BCUT2D eigenvalue weighted by Gasteiger charge is 2.13. The lowest BCUT2D eigenvalue weighted by Gasteiger charge is -1.98. The molecule has 0 unspecified atom stereocenters. The highest BCUT2D eigenvalue weighted by Crippen LogP contribution is 2.07. The Morgan fingerprint density at radius 2 is 2.36 bits per heavy atom. The van der Waals surface area contributed by atoms with Crippen molar-refractivity contribution in [3.8, 4) is 0 Å². The van der Waals surface area contributed by atoms with E-state index in [-0.39, 0.29) is 11.7 Å². The lowest BCUT2D eigenvalue weighted by molar-refractivity contribution is 0.0355. The quantitative estimate of drug-likeness (QED) is 0.694. The summed E-state index contributed by atoms with van der Waals surface area (Å²) in [6, 6.07) is 0. The van der Waals surface area contributed by atoms with Crippen LogP contribution >= 0.6 is 0 Å². The number of nitrogens with one attached hydrogen (secondary N) is 2. The number of hydroxylamine groups is 1. The summed E-state index contributed by atoms with van der Waals surface area (Å²) in [7, 11) is 0. The first kappa shape index (κ1) is 10.6. The van der Waals surface area contributed by atoms with Gasteiger partial charge in [-0.3, -0.25) is 14.7 Å². The number of H-pyrrole nitrogens is 1. The second-order valence-electron chi connectivity index (χ2n) is 3.06. The number of amides is 1. The van der Waals surface area contributed by atoms with Gasteiger partial charge in [-0.2, -0.15) is 0 Å². The van der Waals surface area contributed by atoms with Crippen molar-refractivity contribution in [3.05, 3.63) is 11.6 Å². The summed E-state index contributed by atoms with van der Waals surface area (Å²) in [5, 5.41) is 6.45. The molecule has 1 amide bonds. The number of nitrogens with zero attached hydrogens (tertiary/aromatic N) is 2. The van der Waals surface area contributed by atoms with Gasteiger partial charge in [0.1, 0.15) is 5.82 Å². The van der Waals surface area contributed by atoms with Crippen molar-refractivity contribution in [1.29, 1.82) is 0 Å².